The van der Waals surface area contributed by atoms with Crippen molar-refractivity contribution in [1.82, 2.24) is 5.32 Å². The van der Waals surface area contributed by atoms with Crippen molar-refractivity contribution < 1.29 is 0 Å². The van der Waals surface area contributed by atoms with Crippen LogP contribution in [0.15, 0.2) is 73.1 Å². The minimum absolute atomic E-state index is 0.491. The van der Waals surface area contributed by atoms with E-state index in [2.05, 4.69) is 87.5 Å². The first-order valence-electron chi connectivity index (χ1n) is 12.1. The van der Waals surface area contributed by atoms with Crippen LogP contribution < -0.4 is 11.1 Å². The van der Waals surface area contributed by atoms with Crippen molar-refractivity contribution in [3.8, 4) is 0 Å². The number of aryl methyl sites for hydroxylation is 2. The molecule has 3 N–H and O–H groups in total. The van der Waals surface area contributed by atoms with E-state index in [4.69, 9.17) is 0 Å². The maximum absolute atomic E-state index is 4.61. The van der Waals surface area contributed by atoms with Crippen LogP contribution in [0.4, 0.5) is 0 Å². The van der Waals surface area contributed by atoms with Gasteiger partial charge in [0.05, 0.1) is 0 Å². The molecule has 0 saturated heterocycles. The molecule has 0 aromatic heterocycles. The molecule has 0 radical (unpaired) electrons. The third-order valence-electron chi connectivity index (χ3n) is 6.41. The molecule has 0 spiro atoms. The second kappa shape index (κ2) is 14.0. The Morgan fingerprint density at radius 2 is 1.87 bits per heavy atom. The minimum Gasteiger partial charge on any atom is -0.405 e. The van der Waals surface area contributed by atoms with E-state index in [9.17, 15) is 0 Å². The number of nitrogens with two attached hydrogens (primary N) is 1. The van der Waals surface area contributed by atoms with E-state index in [0.29, 0.717) is 17.4 Å². The van der Waals surface area contributed by atoms with Crippen molar-refractivity contribution in [1.29, 1.82) is 0 Å². The molecule has 2 aliphatic carbocycles. The standard InChI is InChI=1S/C25H35N.C2H5N.C2H6/c1-5-25(17-16-23-13-8-20(3)9-14-23)18-24(25)26-21(4)10-15-22-11-6-19(2)7-12-22;1-2-3;1-2/h6-8,11-14,20,24,26H,4-5,9-10,15-18H2,1-3H3;2H,1,3H2;1-2H3. The minimum atomic E-state index is 0.491. The van der Waals surface area contributed by atoms with Gasteiger partial charge >= 0.3 is 0 Å². The van der Waals surface area contributed by atoms with Crippen molar-refractivity contribution in [2.75, 3.05) is 0 Å². The van der Waals surface area contributed by atoms with E-state index in [1.54, 1.807) is 5.57 Å². The smallest absolute Gasteiger partial charge is 0.0321 e. The highest BCUT2D eigenvalue weighted by Gasteiger charge is 2.51. The van der Waals surface area contributed by atoms with Crippen LogP contribution in [0.2, 0.25) is 0 Å². The zero-order valence-corrected chi connectivity index (χ0v) is 20.7. The van der Waals surface area contributed by atoms with Gasteiger partial charge in [-0.05, 0) is 75.0 Å². The molecule has 3 atom stereocenters. The summed E-state index contributed by atoms with van der Waals surface area (Å²) in [5, 5.41) is 3.74. The van der Waals surface area contributed by atoms with Gasteiger partial charge in [0.25, 0.3) is 0 Å². The fraction of sp³-hybridized carbons (Fsp3) is 0.517. The molecule has 172 valence electrons. The zero-order valence-electron chi connectivity index (χ0n) is 20.7. The molecule has 2 nitrogen and oxygen atoms in total. The summed E-state index contributed by atoms with van der Waals surface area (Å²) in [5.41, 5.74) is 10.6. The van der Waals surface area contributed by atoms with Crippen molar-refractivity contribution in [3.63, 3.8) is 0 Å². The van der Waals surface area contributed by atoms with Crippen LogP contribution in [0.3, 0.4) is 0 Å². The lowest BCUT2D eigenvalue weighted by atomic mass is 9.90. The number of nitrogens with one attached hydrogen (secondary N) is 1. The molecule has 1 saturated carbocycles. The van der Waals surface area contributed by atoms with Gasteiger partial charge in [-0.25, -0.2) is 0 Å². The fourth-order valence-electron chi connectivity index (χ4n) is 4.11. The third-order valence-corrected chi connectivity index (χ3v) is 6.41. The molecular weight excluding hydrogens is 376 g/mol. The average molecular weight is 423 g/mol. The molecule has 0 bridgehead atoms. The summed E-state index contributed by atoms with van der Waals surface area (Å²) in [6.45, 7) is 18.2. The normalized spacial score (nSPS) is 23.3. The van der Waals surface area contributed by atoms with Gasteiger partial charge in [0, 0.05) is 11.7 Å². The molecule has 0 aliphatic heterocycles. The second-order valence-corrected chi connectivity index (χ2v) is 8.79. The van der Waals surface area contributed by atoms with Crippen LogP contribution in [0, 0.1) is 18.3 Å². The first-order chi connectivity index (χ1) is 14.9. The highest BCUT2D eigenvalue weighted by atomic mass is 15.0. The number of hydrogen-bond acceptors (Lipinski definition) is 2. The summed E-state index contributed by atoms with van der Waals surface area (Å²) in [6.07, 6.45) is 16.8. The number of benzene rings is 1. The van der Waals surface area contributed by atoms with Crippen LogP contribution in [0.1, 0.15) is 77.3 Å². The average Bonchev–Trinajstić information content (AvgIpc) is 3.47. The van der Waals surface area contributed by atoms with Gasteiger partial charge in [0.15, 0.2) is 0 Å². The van der Waals surface area contributed by atoms with Gasteiger partial charge in [-0.15, -0.1) is 0 Å². The van der Waals surface area contributed by atoms with Crippen LogP contribution in [0.25, 0.3) is 0 Å². The zero-order chi connectivity index (χ0) is 23.3. The van der Waals surface area contributed by atoms with E-state index in [1.807, 2.05) is 13.8 Å². The maximum Gasteiger partial charge on any atom is 0.0321 e. The van der Waals surface area contributed by atoms with Gasteiger partial charge in [-0.2, -0.15) is 0 Å². The van der Waals surface area contributed by atoms with E-state index in [0.717, 1.165) is 12.8 Å². The molecule has 2 aliphatic rings. The first-order valence-corrected chi connectivity index (χ1v) is 12.1. The summed E-state index contributed by atoms with van der Waals surface area (Å²) in [5.74, 6) is 0.714. The molecule has 3 rings (SSSR count). The molecule has 3 unspecified atom stereocenters. The van der Waals surface area contributed by atoms with Crippen LogP contribution in [0.5, 0.6) is 0 Å². The summed E-state index contributed by atoms with van der Waals surface area (Å²) < 4.78 is 0. The largest absolute Gasteiger partial charge is 0.405 e. The summed E-state index contributed by atoms with van der Waals surface area (Å²) in [7, 11) is 0. The Balaban J connectivity index is 0.000000884. The Labute approximate surface area is 192 Å². The molecule has 0 heterocycles. The maximum atomic E-state index is 4.61. The van der Waals surface area contributed by atoms with Crippen LogP contribution >= 0.6 is 0 Å². The van der Waals surface area contributed by atoms with E-state index < -0.39 is 0 Å². The first kappa shape index (κ1) is 26.8. The Morgan fingerprint density at radius 1 is 1.23 bits per heavy atom. The lowest BCUT2D eigenvalue weighted by Crippen LogP contribution is -2.22. The lowest BCUT2D eigenvalue weighted by Gasteiger charge is -2.19. The molecule has 1 aromatic rings. The topological polar surface area (TPSA) is 38.0 Å². The molecule has 31 heavy (non-hydrogen) atoms. The lowest BCUT2D eigenvalue weighted by molar-refractivity contribution is 0.415. The third kappa shape index (κ3) is 9.21. The molecule has 0 amide bonds. The molecule has 1 aromatic carbocycles. The van der Waals surface area contributed by atoms with Crippen molar-refractivity contribution in [2.24, 2.45) is 17.1 Å². The molecule has 1 fully saturated rings. The predicted octanol–water partition coefficient (Wildman–Crippen LogP) is 7.62. The van der Waals surface area contributed by atoms with E-state index >= 15 is 0 Å². The quantitative estimate of drug-likeness (QED) is 0.429. The Morgan fingerprint density at radius 3 is 2.42 bits per heavy atom. The Kier molecular flexibility index (Phi) is 12.1. The summed E-state index contributed by atoms with van der Waals surface area (Å²) >= 11 is 0. The van der Waals surface area contributed by atoms with Gasteiger partial charge in [-0.1, -0.05) is 94.5 Å². The Bertz CT molecular complexity index is 726. The van der Waals surface area contributed by atoms with Gasteiger partial charge < -0.3 is 11.1 Å². The summed E-state index contributed by atoms with van der Waals surface area (Å²) in [6, 6.07) is 9.50. The summed E-state index contributed by atoms with van der Waals surface area (Å²) in [4.78, 5) is 0. The predicted molar refractivity (Wildman–Crippen MR) is 139 cm³/mol. The monoisotopic (exact) mass is 422 g/mol. The number of rotatable bonds is 9. The van der Waals surface area contributed by atoms with Gasteiger partial charge in [0.2, 0.25) is 0 Å². The number of allylic oxidation sites excluding steroid dienone is 5. The van der Waals surface area contributed by atoms with E-state index in [1.165, 1.54) is 55.1 Å². The van der Waals surface area contributed by atoms with E-state index in [-0.39, 0.29) is 0 Å². The highest BCUT2D eigenvalue weighted by molar-refractivity contribution is 5.25. The fourth-order valence-corrected chi connectivity index (χ4v) is 4.11. The number of hydrogen-bond donors (Lipinski definition) is 2. The highest BCUT2D eigenvalue weighted by Crippen LogP contribution is 2.53. The second-order valence-electron chi connectivity index (χ2n) is 8.79. The van der Waals surface area contributed by atoms with Crippen LogP contribution in [-0.4, -0.2) is 6.04 Å². The molecule has 2 heteroatoms. The van der Waals surface area contributed by atoms with Crippen LogP contribution in [-0.2, 0) is 6.42 Å². The molecular formula is C29H46N2. The van der Waals surface area contributed by atoms with Gasteiger partial charge in [0.1, 0.15) is 0 Å². The SMILES string of the molecule is C=C(CCc1ccc(C)cc1)NC1CC1(CC)CCC1=CCC(C)C=C1.C=CN.CC. The van der Waals surface area contributed by atoms with Crippen molar-refractivity contribution in [3.05, 3.63) is 84.2 Å². The van der Waals surface area contributed by atoms with Gasteiger partial charge in [-0.3, -0.25) is 0 Å². The van der Waals surface area contributed by atoms with Crippen molar-refractivity contribution >= 4 is 0 Å². The van der Waals surface area contributed by atoms with Crippen molar-refractivity contribution in [2.45, 2.75) is 85.6 Å². The Hall–Kier alpha value is -2.22.